The lowest BCUT2D eigenvalue weighted by Gasteiger charge is -2.20. The maximum absolute atomic E-state index is 10.8. The second kappa shape index (κ2) is 4.80. The molecule has 0 fully saturated rings. The fourth-order valence-corrected chi connectivity index (χ4v) is 1.44. The lowest BCUT2D eigenvalue weighted by molar-refractivity contribution is -0.116. The molecule has 1 aromatic carbocycles. The number of carbonyl (C=O) groups excluding carboxylic acids is 1. The smallest absolute Gasteiger partial charge is 0.131 e. The Hall–Kier alpha value is -1.31. The number of Topliss-reactive ketones (excluding diaryl/α,β-unsaturated/α-hetero) is 1. The molecule has 76 valence electrons. The van der Waals surface area contributed by atoms with E-state index in [-0.39, 0.29) is 5.78 Å². The first-order valence-corrected chi connectivity index (χ1v) is 4.87. The highest BCUT2D eigenvalue weighted by Gasteiger charge is 2.03. The SMILES string of the molecule is CC(=O)CCN(C)c1ccccc1C. The Bertz CT molecular complexity index is 320. The summed E-state index contributed by atoms with van der Waals surface area (Å²) in [5.74, 6) is 0.241. The van der Waals surface area contributed by atoms with Crippen LogP contribution >= 0.6 is 0 Å². The number of carbonyl (C=O) groups is 1. The number of anilines is 1. The van der Waals surface area contributed by atoms with Crippen LogP contribution in [0.15, 0.2) is 24.3 Å². The van der Waals surface area contributed by atoms with Gasteiger partial charge in [-0.15, -0.1) is 0 Å². The Morgan fingerprint density at radius 1 is 1.36 bits per heavy atom. The molecule has 0 saturated carbocycles. The van der Waals surface area contributed by atoms with Gasteiger partial charge in [0.15, 0.2) is 0 Å². The fourth-order valence-electron chi connectivity index (χ4n) is 1.44. The summed E-state index contributed by atoms with van der Waals surface area (Å²) in [6.07, 6.45) is 0.616. The largest absolute Gasteiger partial charge is 0.374 e. The van der Waals surface area contributed by atoms with Crippen molar-refractivity contribution in [3.63, 3.8) is 0 Å². The Labute approximate surface area is 85.5 Å². The van der Waals surface area contributed by atoms with E-state index in [4.69, 9.17) is 0 Å². The average molecular weight is 191 g/mol. The molecule has 14 heavy (non-hydrogen) atoms. The summed E-state index contributed by atoms with van der Waals surface area (Å²) in [6.45, 7) is 4.51. The molecule has 0 aliphatic heterocycles. The molecule has 0 aliphatic carbocycles. The monoisotopic (exact) mass is 191 g/mol. The van der Waals surface area contributed by atoms with E-state index in [1.165, 1.54) is 11.3 Å². The van der Waals surface area contributed by atoms with Crippen molar-refractivity contribution in [1.29, 1.82) is 0 Å². The molecule has 0 atom stereocenters. The van der Waals surface area contributed by atoms with Gasteiger partial charge in [-0.25, -0.2) is 0 Å². The number of hydrogen-bond acceptors (Lipinski definition) is 2. The van der Waals surface area contributed by atoms with Gasteiger partial charge < -0.3 is 4.90 Å². The molecular formula is C12H17NO. The van der Waals surface area contributed by atoms with E-state index in [0.29, 0.717) is 6.42 Å². The molecule has 1 aromatic rings. The topological polar surface area (TPSA) is 20.3 Å². The predicted molar refractivity (Wildman–Crippen MR) is 59.7 cm³/mol. The second-order valence-corrected chi connectivity index (χ2v) is 3.66. The first-order chi connectivity index (χ1) is 6.61. The number of hydrogen-bond donors (Lipinski definition) is 0. The number of rotatable bonds is 4. The van der Waals surface area contributed by atoms with Crippen molar-refractivity contribution in [2.24, 2.45) is 0 Å². The minimum atomic E-state index is 0.241. The zero-order chi connectivity index (χ0) is 10.6. The fraction of sp³-hybridized carbons (Fsp3) is 0.417. The molecule has 0 amide bonds. The van der Waals surface area contributed by atoms with Crippen molar-refractivity contribution in [2.45, 2.75) is 20.3 Å². The van der Waals surface area contributed by atoms with Crippen LogP contribution in [0.1, 0.15) is 18.9 Å². The molecule has 0 N–H and O–H groups in total. The Balaban J connectivity index is 2.65. The van der Waals surface area contributed by atoms with E-state index in [1.807, 2.05) is 19.2 Å². The third-order valence-corrected chi connectivity index (χ3v) is 2.33. The highest BCUT2D eigenvalue weighted by molar-refractivity contribution is 5.76. The normalized spacial score (nSPS) is 9.93. The van der Waals surface area contributed by atoms with Crippen LogP contribution in [0.25, 0.3) is 0 Å². The first-order valence-electron chi connectivity index (χ1n) is 4.87. The third kappa shape index (κ3) is 2.87. The maximum atomic E-state index is 10.8. The summed E-state index contributed by atoms with van der Waals surface area (Å²) in [5, 5.41) is 0. The summed E-state index contributed by atoms with van der Waals surface area (Å²) < 4.78 is 0. The maximum Gasteiger partial charge on any atom is 0.131 e. The van der Waals surface area contributed by atoms with E-state index in [9.17, 15) is 4.79 Å². The van der Waals surface area contributed by atoms with Gasteiger partial charge in [-0.2, -0.15) is 0 Å². The Morgan fingerprint density at radius 2 is 2.00 bits per heavy atom. The minimum absolute atomic E-state index is 0.241. The molecular weight excluding hydrogens is 174 g/mol. The molecule has 0 radical (unpaired) electrons. The zero-order valence-corrected chi connectivity index (χ0v) is 9.08. The summed E-state index contributed by atoms with van der Waals surface area (Å²) >= 11 is 0. The standard InChI is InChI=1S/C12H17NO/c1-10-6-4-5-7-12(10)13(3)9-8-11(2)14/h4-7H,8-9H2,1-3H3. The van der Waals surface area contributed by atoms with Crippen LogP contribution in [0.3, 0.4) is 0 Å². The van der Waals surface area contributed by atoms with Crippen molar-refractivity contribution >= 4 is 11.5 Å². The third-order valence-electron chi connectivity index (χ3n) is 2.33. The second-order valence-electron chi connectivity index (χ2n) is 3.66. The number of benzene rings is 1. The van der Waals surface area contributed by atoms with Crippen LogP contribution in [0.2, 0.25) is 0 Å². The van der Waals surface area contributed by atoms with Gasteiger partial charge in [0.05, 0.1) is 0 Å². The number of ketones is 1. The highest BCUT2D eigenvalue weighted by atomic mass is 16.1. The van der Waals surface area contributed by atoms with Crippen molar-refractivity contribution < 1.29 is 4.79 Å². The minimum Gasteiger partial charge on any atom is -0.374 e. The molecule has 2 heteroatoms. The molecule has 0 spiro atoms. The van der Waals surface area contributed by atoms with Crippen LogP contribution in [-0.2, 0) is 4.79 Å². The van der Waals surface area contributed by atoms with E-state index in [1.54, 1.807) is 6.92 Å². The number of aryl methyl sites for hydroxylation is 1. The zero-order valence-electron chi connectivity index (χ0n) is 9.08. The summed E-state index contributed by atoms with van der Waals surface area (Å²) in [7, 11) is 2.02. The molecule has 1 rings (SSSR count). The van der Waals surface area contributed by atoms with Crippen LogP contribution in [-0.4, -0.2) is 19.4 Å². The van der Waals surface area contributed by atoms with Gasteiger partial charge in [-0.1, -0.05) is 18.2 Å². The predicted octanol–water partition coefficient (Wildman–Crippen LogP) is 2.41. The lowest BCUT2D eigenvalue weighted by Crippen LogP contribution is -2.21. The van der Waals surface area contributed by atoms with Crippen molar-refractivity contribution in [2.75, 3.05) is 18.5 Å². The lowest BCUT2D eigenvalue weighted by atomic mass is 10.2. The molecule has 0 heterocycles. The van der Waals surface area contributed by atoms with Crippen molar-refractivity contribution in [3.8, 4) is 0 Å². The molecule has 0 aromatic heterocycles. The molecule has 0 unspecified atom stereocenters. The Morgan fingerprint density at radius 3 is 2.57 bits per heavy atom. The van der Waals surface area contributed by atoms with E-state index in [2.05, 4.69) is 24.0 Å². The van der Waals surface area contributed by atoms with Gasteiger partial charge in [0.25, 0.3) is 0 Å². The number of nitrogens with zero attached hydrogens (tertiary/aromatic N) is 1. The van der Waals surface area contributed by atoms with Gasteiger partial charge in [0, 0.05) is 25.7 Å². The van der Waals surface area contributed by atoms with E-state index in [0.717, 1.165) is 6.54 Å². The summed E-state index contributed by atoms with van der Waals surface area (Å²) in [4.78, 5) is 13.0. The van der Waals surface area contributed by atoms with Crippen LogP contribution in [0.4, 0.5) is 5.69 Å². The van der Waals surface area contributed by atoms with E-state index < -0.39 is 0 Å². The molecule has 0 bridgehead atoms. The highest BCUT2D eigenvalue weighted by Crippen LogP contribution is 2.17. The van der Waals surface area contributed by atoms with Gasteiger partial charge >= 0.3 is 0 Å². The molecule has 0 saturated heterocycles. The van der Waals surface area contributed by atoms with Crippen LogP contribution in [0, 0.1) is 6.92 Å². The molecule has 0 aliphatic rings. The first kappa shape index (κ1) is 10.8. The Kier molecular flexibility index (Phi) is 3.69. The van der Waals surface area contributed by atoms with Gasteiger partial charge in [0.1, 0.15) is 5.78 Å². The van der Waals surface area contributed by atoms with Gasteiger partial charge in [0.2, 0.25) is 0 Å². The van der Waals surface area contributed by atoms with Crippen molar-refractivity contribution in [1.82, 2.24) is 0 Å². The van der Waals surface area contributed by atoms with Gasteiger partial charge in [-0.05, 0) is 25.5 Å². The van der Waals surface area contributed by atoms with Crippen molar-refractivity contribution in [3.05, 3.63) is 29.8 Å². The number of para-hydroxylation sites is 1. The van der Waals surface area contributed by atoms with E-state index >= 15 is 0 Å². The van der Waals surface area contributed by atoms with Crippen LogP contribution < -0.4 is 4.90 Å². The molecule has 2 nitrogen and oxygen atoms in total. The summed E-state index contributed by atoms with van der Waals surface area (Å²) in [5.41, 5.74) is 2.45. The average Bonchev–Trinajstić information content (AvgIpc) is 2.15. The van der Waals surface area contributed by atoms with Crippen LogP contribution in [0.5, 0.6) is 0 Å². The quantitative estimate of drug-likeness (QED) is 0.728. The van der Waals surface area contributed by atoms with Gasteiger partial charge in [-0.3, -0.25) is 4.79 Å². The summed E-state index contributed by atoms with van der Waals surface area (Å²) in [6, 6.07) is 8.21.